The summed E-state index contributed by atoms with van der Waals surface area (Å²) in [4.78, 5) is 20.0. The van der Waals surface area contributed by atoms with Crippen LogP contribution < -0.4 is 5.32 Å². The quantitative estimate of drug-likeness (QED) is 0.372. The van der Waals surface area contributed by atoms with Gasteiger partial charge in [-0.25, -0.2) is 0 Å². The van der Waals surface area contributed by atoms with Crippen LogP contribution in [-0.4, -0.2) is 31.4 Å². The van der Waals surface area contributed by atoms with Crippen molar-refractivity contribution < 1.29 is 14.3 Å². The van der Waals surface area contributed by atoms with Gasteiger partial charge in [0.15, 0.2) is 0 Å². The molecule has 1 saturated heterocycles. The lowest BCUT2D eigenvalue weighted by Gasteiger charge is -2.25. The Morgan fingerprint density at radius 3 is 2.67 bits per heavy atom. The third kappa shape index (κ3) is 1.50. The van der Waals surface area contributed by atoms with Crippen LogP contribution in [0, 0.1) is 0 Å². The molecule has 4 heteroatoms. The molecule has 1 amide bonds. The Morgan fingerprint density at radius 1 is 1.67 bits per heavy atom. The highest BCUT2D eigenvalue weighted by Gasteiger charge is 2.19. The van der Waals surface area contributed by atoms with Crippen molar-refractivity contribution in [2.45, 2.75) is 6.04 Å². The Labute approximate surface area is 52.2 Å². The largest absolute Gasteiger partial charge is 0.377 e. The average molecular weight is 129 g/mol. The molecule has 50 valence electrons. The number of ether oxygens (including phenoxy) is 1. The Kier molecular flexibility index (Phi) is 1.79. The van der Waals surface area contributed by atoms with Crippen molar-refractivity contribution in [3.8, 4) is 0 Å². The van der Waals surface area contributed by atoms with E-state index < -0.39 is 5.91 Å². The van der Waals surface area contributed by atoms with Gasteiger partial charge in [0, 0.05) is 0 Å². The molecule has 0 unspecified atom stereocenters. The van der Waals surface area contributed by atoms with Crippen molar-refractivity contribution in [3.05, 3.63) is 0 Å². The van der Waals surface area contributed by atoms with Crippen molar-refractivity contribution in [3.63, 3.8) is 0 Å². The molecule has 0 aliphatic carbocycles. The van der Waals surface area contributed by atoms with Gasteiger partial charge in [0.25, 0.3) is 5.91 Å². The molecule has 1 fully saturated rings. The van der Waals surface area contributed by atoms with Crippen molar-refractivity contribution in [1.82, 2.24) is 5.32 Å². The number of rotatable bonds is 2. The van der Waals surface area contributed by atoms with Gasteiger partial charge < -0.3 is 10.1 Å². The first-order valence-corrected chi connectivity index (χ1v) is 2.66. The van der Waals surface area contributed by atoms with Crippen LogP contribution in [0.25, 0.3) is 0 Å². The molecule has 0 radical (unpaired) electrons. The molecule has 0 aromatic carbocycles. The number of carbonyl (C=O) groups is 2. The molecular weight excluding hydrogens is 122 g/mol. The fourth-order valence-corrected chi connectivity index (χ4v) is 0.554. The van der Waals surface area contributed by atoms with Gasteiger partial charge in [-0.15, -0.1) is 0 Å². The number of amides is 1. The summed E-state index contributed by atoms with van der Waals surface area (Å²) in [6, 6.07) is 0.0581. The van der Waals surface area contributed by atoms with Crippen LogP contribution in [-0.2, 0) is 14.3 Å². The zero-order chi connectivity index (χ0) is 6.69. The molecule has 0 aromatic rings. The second kappa shape index (κ2) is 2.59. The number of aldehydes is 1. The minimum Gasteiger partial charge on any atom is -0.377 e. The summed E-state index contributed by atoms with van der Waals surface area (Å²) in [5, 5.41) is 2.43. The van der Waals surface area contributed by atoms with E-state index >= 15 is 0 Å². The van der Waals surface area contributed by atoms with Crippen molar-refractivity contribution in [2.24, 2.45) is 0 Å². The zero-order valence-electron chi connectivity index (χ0n) is 4.79. The highest BCUT2D eigenvalue weighted by molar-refractivity contribution is 6.23. The monoisotopic (exact) mass is 129 g/mol. The normalized spacial score (nSPS) is 18.2. The minimum absolute atomic E-state index is 0.0581. The van der Waals surface area contributed by atoms with Gasteiger partial charge in [-0.2, -0.15) is 0 Å². The molecule has 0 bridgehead atoms. The predicted octanol–water partition coefficient (Wildman–Crippen LogP) is -1.30. The topological polar surface area (TPSA) is 55.4 Å². The molecule has 1 rings (SSSR count). The second-order valence-corrected chi connectivity index (χ2v) is 1.86. The summed E-state index contributed by atoms with van der Waals surface area (Å²) in [6.07, 6.45) is 0.262. The van der Waals surface area contributed by atoms with E-state index in [2.05, 4.69) is 5.32 Å². The molecule has 1 heterocycles. The van der Waals surface area contributed by atoms with Gasteiger partial charge in [-0.05, 0) is 0 Å². The lowest BCUT2D eigenvalue weighted by Crippen LogP contribution is -2.48. The van der Waals surface area contributed by atoms with E-state index in [1.54, 1.807) is 0 Å². The average Bonchev–Trinajstić information content (AvgIpc) is 1.78. The maximum Gasteiger partial charge on any atom is 0.284 e. The number of nitrogens with one attached hydrogen (secondary N) is 1. The molecule has 0 aromatic heterocycles. The smallest absolute Gasteiger partial charge is 0.284 e. The minimum atomic E-state index is -0.566. The summed E-state index contributed by atoms with van der Waals surface area (Å²) in [5.41, 5.74) is 0. The Balaban J connectivity index is 2.16. The lowest BCUT2D eigenvalue weighted by molar-refractivity contribution is -0.134. The van der Waals surface area contributed by atoms with Crippen molar-refractivity contribution >= 4 is 12.2 Å². The molecule has 9 heavy (non-hydrogen) atoms. The maximum absolute atomic E-state index is 10.3. The van der Waals surface area contributed by atoms with E-state index in [4.69, 9.17) is 4.74 Å². The number of carbonyl (C=O) groups excluding carboxylic acids is 2. The van der Waals surface area contributed by atoms with Gasteiger partial charge >= 0.3 is 0 Å². The molecular formula is C5H7NO3. The molecule has 0 atom stereocenters. The van der Waals surface area contributed by atoms with Crippen LogP contribution >= 0.6 is 0 Å². The van der Waals surface area contributed by atoms with E-state index in [9.17, 15) is 9.59 Å². The maximum atomic E-state index is 10.3. The Hall–Kier alpha value is -0.900. The first-order valence-electron chi connectivity index (χ1n) is 2.66. The lowest BCUT2D eigenvalue weighted by atomic mass is 10.2. The Bertz CT molecular complexity index is 130. The van der Waals surface area contributed by atoms with Crippen LogP contribution in [0.15, 0.2) is 0 Å². The van der Waals surface area contributed by atoms with Gasteiger partial charge in [0.2, 0.25) is 6.29 Å². The van der Waals surface area contributed by atoms with Crippen LogP contribution in [0.2, 0.25) is 0 Å². The summed E-state index contributed by atoms with van der Waals surface area (Å²) in [5.74, 6) is -0.566. The summed E-state index contributed by atoms with van der Waals surface area (Å²) >= 11 is 0. The van der Waals surface area contributed by atoms with E-state index in [0.717, 1.165) is 0 Å². The highest BCUT2D eigenvalue weighted by Crippen LogP contribution is 1.97. The summed E-state index contributed by atoms with van der Waals surface area (Å²) in [7, 11) is 0. The fraction of sp³-hybridized carbons (Fsp3) is 0.600. The van der Waals surface area contributed by atoms with Crippen LogP contribution in [0.1, 0.15) is 0 Å². The standard InChI is InChI=1S/C5H7NO3/c7-1-5(8)6-4-2-9-3-4/h1,4H,2-3H2,(H,6,8). The summed E-state index contributed by atoms with van der Waals surface area (Å²) in [6.45, 7) is 1.05. The molecule has 1 N–H and O–H groups in total. The fourth-order valence-electron chi connectivity index (χ4n) is 0.554. The molecule has 0 spiro atoms. The van der Waals surface area contributed by atoms with E-state index in [1.165, 1.54) is 0 Å². The second-order valence-electron chi connectivity index (χ2n) is 1.86. The van der Waals surface area contributed by atoms with Gasteiger partial charge in [0.05, 0.1) is 19.3 Å². The van der Waals surface area contributed by atoms with E-state index in [-0.39, 0.29) is 12.3 Å². The first kappa shape index (κ1) is 6.22. The van der Waals surface area contributed by atoms with Gasteiger partial charge in [-0.3, -0.25) is 9.59 Å². The first-order chi connectivity index (χ1) is 4.33. The van der Waals surface area contributed by atoms with Gasteiger partial charge in [0.1, 0.15) is 0 Å². The van der Waals surface area contributed by atoms with Gasteiger partial charge in [-0.1, -0.05) is 0 Å². The van der Waals surface area contributed by atoms with Crippen LogP contribution in [0.4, 0.5) is 0 Å². The summed E-state index contributed by atoms with van der Waals surface area (Å²) < 4.78 is 4.75. The molecule has 0 saturated carbocycles. The number of hydrogen-bond acceptors (Lipinski definition) is 3. The SMILES string of the molecule is O=CC(=O)NC1COC1. The van der Waals surface area contributed by atoms with Crippen LogP contribution in [0.5, 0.6) is 0 Å². The van der Waals surface area contributed by atoms with Crippen molar-refractivity contribution in [1.29, 1.82) is 0 Å². The third-order valence-corrected chi connectivity index (χ3v) is 1.09. The van der Waals surface area contributed by atoms with E-state index in [1.807, 2.05) is 0 Å². The molecule has 4 nitrogen and oxygen atoms in total. The van der Waals surface area contributed by atoms with E-state index in [0.29, 0.717) is 13.2 Å². The molecule has 1 aliphatic heterocycles. The third-order valence-electron chi connectivity index (χ3n) is 1.09. The number of hydrogen-bond donors (Lipinski definition) is 1. The predicted molar refractivity (Wildman–Crippen MR) is 28.8 cm³/mol. The Morgan fingerprint density at radius 2 is 2.33 bits per heavy atom. The highest BCUT2D eigenvalue weighted by atomic mass is 16.5. The molecule has 1 aliphatic rings. The van der Waals surface area contributed by atoms with Crippen LogP contribution in [0.3, 0.4) is 0 Å². The van der Waals surface area contributed by atoms with Crippen molar-refractivity contribution in [2.75, 3.05) is 13.2 Å². The zero-order valence-corrected chi connectivity index (χ0v) is 4.79.